The molecule has 160 valence electrons. The summed E-state index contributed by atoms with van der Waals surface area (Å²) in [4.78, 5) is 29.0. The maximum absolute atomic E-state index is 12.4. The Labute approximate surface area is 182 Å². The quantitative estimate of drug-likeness (QED) is 0.229. The molecule has 0 aliphatic rings. The van der Waals surface area contributed by atoms with Crippen LogP contribution in [0.15, 0.2) is 93.1 Å². The van der Waals surface area contributed by atoms with E-state index in [1.165, 1.54) is 36.9 Å². The molecule has 2 aromatic heterocycles. The minimum atomic E-state index is -0.712. The fraction of sp³-hybridized carbons (Fsp3) is 0.0417. The molecule has 0 saturated carbocycles. The van der Waals surface area contributed by atoms with Crippen LogP contribution in [0.25, 0.3) is 0 Å². The van der Waals surface area contributed by atoms with Crippen LogP contribution in [0, 0.1) is 0 Å². The van der Waals surface area contributed by atoms with E-state index in [2.05, 4.69) is 4.99 Å². The zero-order valence-corrected chi connectivity index (χ0v) is 16.9. The molecule has 8 nitrogen and oxygen atoms in total. The van der Waals surface area contributed by atoms with Crippen molar-refractivity contribution in [2.45, 2.75) is 0 Å². The molecule has 0 bridgehead atoms. The normalized spacial score (nSPS) is 10.8. The van der Waals surface area contributed by atoms with E-state index in [9.17, 15) is 9.59 Å². The smallest absolute Gasteiger partial charge is 0.379 e. The number of carbonyl (C=O) groups excluding carboxylic acids is 2. The summed E-state index contributed by atoms with van der Waals surface area (Å²) in [6.07, 6.45) is 4.24. The van der Waals surface area contributed by atoms with Crippen molar-refractivity contribution in [1.29, 1.82) is 0 Å². The third kappa shape index (κ3) is 4.76. The van der Waals surface area contributed by atoms with Crippen molar-refractivity contribution < 1.29 is 32.6 Å². The molecule has 0 unspecified atom stereocenters. The Hall–Kier alpha value is -4.59. The fourth-order valence-corrected chi connectivity index (χ4v) is 2.75. The number of hydrogen-bond acceptors (Lipinski definition) is 8. The second-order valence-corrected chi connectivity index (χ2v) is 6.36. The standard InChI is InChI=1S/C24H17NO7/c1-28-19-7-3-2-6-18(19)25-15-16-10-11-17(31-23(26)20-8-4-12-29-20)14-22(16)32-24(27)21-9-5-13-30-21/h2-15H,1H3. The first-order valence-corrected chi connectivity index (χ1v) is 9.46. The van der Waals surface area contributed by atoms with Gasteiger partial charge in [-0.05, 0) is 48.5 Å². The number of rotatable bonds is 7. The van der Waals surface area contributed by atoms with E-state index in [1.807, 2.05) is 12.1 Å². The molecule has 4 aromatic rings. The predicted octanol–water partition coefficient (Wildman–Crippen LogP) is 5.07. The van der Waals surface area contributed by atoms with Gasteiger partial charge in [0, 0.05) is 17.8 Å². The lowest BCUT2D eigenvalue weighted by atomic mass is 10.2. The van der Waals surface area contributed by atoms with E-state index >= 15 is 0 Å². The number of benzene rings is 2. The van der Waals surface area contributed by atoms with Crippen molar-refractivity contribution in [3.05, 3.63) is 96.3 Å². The lowest BCUT2D eigenvalue weighted by Gasteiger charge is -2.09. The van der Waals surface area contributed by atoms with Crippen molar-refractivity contribution in [1.82, 2.24) is 0 Å². The molecule has 0 fully saturated rings. The van der Waals surface area contributed by atoms with Gasteiger partial charge in [-0.3, -0.25) is 4.99 Å². The maximum Gasteiger partial charge on any atom is 0.379 e. The Morgan fingerprint density at radius 1 is 0.812 bits per heavy atom. The molecular weight excluding hydrogens is 414 g/mol. The molecule has 0 amide bonds. The van der Waals surface area contributed by atoms with E-state index in [0.717, 1.165) is 0 Å². The summed E-state index contributed by atoms with van der Waals surface area (Å²) in [5.41, 5.74) is 1.06. The van der Waals surface area contributed by atoms with Crippen LogP contribution in [0.5, 0.6) is 17.2 Å². The average molecular weight is 431 g/mol. The van der Waals surface area contributed by atoms with E-state index in [0.29, 0.717) is 17.0 Å². The maximum atomic E-state index is 12.4. The number of ether oxygens (including phenoxy) is 3. The van der Waals surface area contributed by atoms with E-state index in [1.54, 1.807) is 43.5 Å². The highest BCUT2D eigenvalue weighted by molar-refractivity contribution is 5.92. The summed E-state index contributed by atoms with van der Waals surface area (Å²) in [5, 5.41) is 0. The Morgan fingerprint density at radius 3 is 2.16 bits per heavy atom. The molecule has 0 aliphatic carbocycles. The van der Waals surface area contributed by atoms with Gasteiger partial charge in [0.25, 0.3) is 0 Å². The number of carbonyl (C=O) groups is 2. The molecule has 8 heteroatoms. The van der Waals surface area contributed by atoms with E-state index in [-0.39, 0.29) is 23.0 Å². The summed E-state index contributed by atoms with van der Waals surface area (Å²) in [6, 6.07) is 17.9. The van der Waals surface area contributed by atoms with Gasteiger partial charge in [-0.2, -0.15) is 0 Å². The first-order chi connectivity index (χ1) is 15.6. The zero-order valence-electron chi connectivity index (χ0n) is 16.9. The minimum absolute atomic E-state index is 0.0237. The Kier molecular flexibility index (Phi) is 6.12. The van der Waals surface area contributed by atoms with Gasteiger partial charge in [-0.25, -0.2) is 9.59 Å². The van der Waals surface area contributed by atoms with Crippen molar-refractivity contribution in [3.8, 4) is 17.2 Å². The number of esters is 2. The van der Waals surface area contributed by atoms with Crippen LogP contribution in [0.3, 0.4) is 0 Å². The number of furan rings is 2. The van der Waals surface area contributed by atoms with Gasteiger partial charge in [0.15, 0.2) is 0 Å². The van der Waals surface area contributed by atoms with Crippen molar-refractivity contribution in [2.24, 2.45) is 4.99 Å². The number of nitrogens with zero attached hydrogens (tertiary/aromatic N) is 1. The van der Waals surface area contributed by atoms with Crippen LogP contribution in [0.1, 0.15) is 26.7 Å². The van der Waals surface area contributed by atoms with Crippen LogP contribution in [-0.4, -0.2) is 25.3 Å². The highest BCUT2D eigenvalue weighted by Crippen LogP contribution is 2.29. The van der Waals surface area contributed by atoms with E-state index < -0.39 is 11.9 Å². The summed E-state index contributed by atoms with van der Waals surface area (Å²) >= 11 is 0. The molecule has 0 atom stereocenters. The fourth-order valence-electron chi connectivity index (χ4n) is 2.75. The number of aliphatic imine (C=N–C) groups is 1. The monoisotopic (exact) mass is 431 g/mol. The molecule has 4 rings (SSSR count). The number of methoxy groups -OCH3 is 1. The van der Waals surface area contributed by atoms with Crippen LogP contribution in [0.4, 0.5) is 5.69 Å². The highest BCUT2D eigenvalue weighted by atomic mass is 16.6. The second kappa shape index (κ2) is 9.48. The zero-order chi connectivity index (χ0) is 22.3. The molecule has 0 radical (unpaired) electrons. The number of para-hydroxylation sites is 2. The van der Waals surface area contributed by atoms with E-state index in [4.69, 9.17) is 23.0 Å². The van der Waals surface area contributed by atoms with Crippen LogP contribution in [0.2, 0.25) is 0 Å². The van der Waals surface area contributed by atoms with Gasteiger partial charge in [0.1, 0.15) is 22.9 Å². The summed E-state index contributed by atoms with van der Waals surface area (Å²) < 4.78 is 26.2. The molecule has 2 aromatic carbocycles. The molecule has 0 saturated heterocycles. The number of hydrogen-bond donors (Lipinski definition) is 0. The van der Waals surface area contributed by atoms with Gasteiger partial charge in [0.2, 0.25) is 11.5 Å². The Bertz CT molecular complexity index is 1240. The SMILES string of the molecule is COc1ccccc1N=Cc1ccc(OC(=O)c2ccco2)cc1OC(=O)c1ccco1. The van der Waals surface area contributed by atoms with Gasteiger partial charge in [0.05, 0.1) is 19.6 Å². The topological polar surface area (TPSA) is 100 Å². The van der Waals surface area contributed by atoms with Crippen LogP contribution < -0.4 is 14.2 Å². The molecule has 0 aliphatic heterocycles. The first-order valence-electron chi connectivity index (χ1n) is 9.46. The largest absolute Gasteiger partial charge is 0.494 e. The summed E-state index contributed by atoms with van der Waals surface area (Å²) in [5.74, 6) is -0.471. The van der Waals surface area contributed by atoms with Crippen LogP contribution in [-0.2, 0) is 0 Å². The minimum Gasteiger partial charge on any atom is -0.494 e. The van der Waals surface area contributed by atoms with Gasteiger partial charge in [-0.1, -0.05) is 12.1 Å². The van der Waals surface area contributed by atoms with Crippen LogP contribution >= 0.6 is 0 Å². The third-order valence-corrected chi connectivity index (χ3v) is 4.27. The Morgan fingerprint density at radius 2 is 1.50 bits per heavy atom. The summed E-state index contributed by atoms with van der Waals surface area (Å²) in [6.45, 7) is 0. The van der Waals surface area contributed by atoms with Gasteiger partial charge in [-0.15, -0.1) is 0 Å². The molecule has 0 N–H and O–H groups in total. The van der Waals surface area contributed by atoms with Crippen molar-refractivity contribution in [3.63, 3.8) is 0 Å². The third-order valence-electron chi connectivity index (χ3n) is 4.27. The van der Waals surface area contributed by atoms with Crippen molar-refractivity contribution in [2.75, 3.05) is 7.11 Å². The van der Waals surface area contributed by atoms with Gasteiger partial charge < -0.3 is 23.0 Å². The lowest BCUT2D eigenvalue weighted by molar-refractivity contribution is 0.0698. The lowest BCUT2D eigenvalue weighted by Crippen LogP contribution is -2.10. The summed E-state index contributed by atoms with van der Waals surface area (Å²) in [7, 11) is 1.55. The molecule has 0 spiro atoms. The second-order valence-electron chi connectivity index (χ2n) is 6.36. The Balaban J connectivity index is 1.64. The molecule has 32 heavy (non-hydrogen) atoms. The first kappa shape index (κ1) is 20.7. The molecule has 2 heterocycles. The highest BCUT2D eigenvalue weighted by Gasteiger charge is 2.17. The average Bonchev–Trinajstić information content (AvgIpc) is 3.53. The molecular formula is C24H17NO7. The predicted molar refractivity (Wildman–Crippen MR) is 114 cm³/mol. The van der Waals surface area contributed by atoms with Gasteiger partial charge >= 0.3 is 11.9 Å². The van der Waals surface area contributed by atoms with Crippen molar-refractivity contribution >= 4 is 23.8 Å².